The van der Waals surface area contributed by atoms with Crippen molar-refractivity contribution in [2.75, 3.05) is 5.75 Å². The summed E-state index contributed by atoms with van der Waals surface area (Å²) in [6.07, 6.45) is 2.89. The number of Topliss-reactive ketones (excluding diaryl/α,β-unsaturated/α-hetero) is 1. The van der Waals surface area contributed by atoms with E-state index in [-0.39, 0.29) is 11.3 Å². The number of rotatable bonds is 7. The van der Waals surface area contributed by atoms with Crippen LogP contribution in [0.3, 0.4) is 0 Å². The van der Waals surface area contributed by atoms with Crippen LogP contribution in [0.1, 0.15) is 28.8 Å². The molecule has 0 fully saturated rings. The number of ketones is 1. The minimum absolute atomic E-state index is 0.125. The molecule has 0 spiro atoms. The summed E-state index contributed by atoms with van der Waals surface area (Å²) >= 11 is 1.47. The fraction of sp³-hybridized carbons (Fsp3) is 0.167. The number of carbonyl (C=O) groups is 1. The summed E-state index contributed by atoms with van der Waals surface area (Å²) in [5, 5.41) is 1.14. The first-order valence-electron chi connectivity index (χ1n) is 9.79. The number of pyridine rings is 1. The SMILES string of the molecule is Cc1ccc(-n2c(SCCCC(=O)c3ccccc3)nc3ccccc3c2=O)nc1. The highest BCUT2D eigenvalue weighted by molar-refractivity contribution is 7.99. The Hall–Kier alpha value is -3.25. The van der Waals surface area contributed by atoms with E-state index in [1.165, 1.54) is 11.8 Å². The van der Waals surface area contributed by atoms with Gasteiger partial charge in [0.1, 0.15) is 5.82 Å². The van der Waals surface area contributed by atoms with Gasteiger partial charge in [-0.15, -0.1) is 0 Å². The number of nitrogens with zero attached hydrogens (tertiary/aromatic N) is 3. The summed E-state index contributed by atoms with van der Waals surface area (Å²) in [5.41, 5.74) is 2.27. The molecule has 0 atom stereocenters. The van der Waals surface area contributed by atoms with Crippen LogP contribution in [0.15, 0.2) is 82.9 Å². The van der Waals surface area contributed by atoms with Crippen molar-refractivity contribution in [3.63, 3.8) is 0 Å². The molecule has 2 heterocycles. The first-order chi connectivity index (χ1) is 14.6. The standard InChI is InChI=1S/C24H21N3O2S/c1-17-13-14-22(25-16-17)27-23(29)19-10-5-6-11-20(19)26-24(27)30-15-7-12-21(28)18-8-3-2-4-9-18/h2-6,8-11,13-14,16H,7,12,15H2,1H3. The second-order valence-electron chi connectivity index (χ2n) is 6.99. The quantitative estimate of drug-likeness (QED) is 0.187. The normalized spacial score (nSPS) is 11.0. The summed E-state index contributed by atoms with van der Waals surface area (Å²) in [6, 6.07) is 20.4. The fourth-order valence-electron chi connectivity index (χ4n) is 3.17. The Morgan fingerprint density at radius 3 is 2.53 bits per heavy atom. The number of thioether (sulfide) groups is 1. The van der Waals surface area contributed by atoms with E-state index in [2.05, 4.69) is 4.98 Å². The number of aromatic nitrogens is 3. The van der Waals surface area contributed by atoms with Crippen LogP contribution in [0.25, 0.3) is 16.7 Å². The number of carbonyl (C=O) groups excluding carboxylic acids is 1. The number of hydrogen-bond donors (Lipinski definition) is 0. The zero-order valence-electron chi connectivity index (χ0n) is 16.6. The maximum absolute atomic E-state index is 13.2. The Balaban J connectivity index is 1.58. The molecule has 0 aliphatic heterocycles. The predicted molar refractivity (Wildman–Crippen MR) is 121 cm³/mol. The largest absolute Gasteiger partial charge is 0.294 e. The van der Waals surface area contributed by atoms with Crippen molar-refractivity contribution in [1.82, 2.24) is 14.5 Å². The molecule has 0 aliphatic rings. The van der Waals surface area contributed by atoms with Gasteiger partial charge in [-0.2, -0.15) is 0 Å². The Kier molecular flexibility index (Phi) is 6.05. The molecule has 0 unspecified atom stereocenters. The molecule has 6 heteroatoms. The van der Waals surface area contributed by atoms with Gasteiger partial charge in [-0.05, 0) is 37.1 Å². The van der Waals surface area contributed by atoms with Crippen LogP contribution >= 0.6 is 11.8 Å². The van der Waals surface area contributed by atoms with E-state index in [9.17, 15) is 9.59 Å². The van der Waals surface area contributed by atoms with Gasteiger partial charge in [-0.1, -0.05) is 60.3 Å². The molecule has 5 nitrogen and oxygen atoms in total. The lowest BCUT2D eigenvalue weighted by Gasteiger charge is -2.12. The van der Waals surface area contributed by atoms with Crippen LogP contribution < -0.4 is 5.56 Å². The van der Waals surface area contributed by atoms with E-state index in [1.54, 1.807) is 16.8 Å². The van der Waals surface area contributed by atoms with Gasteiger partial charge in [0.05, 0.1) is 10.9 Å². The second kappa shape index (κ2) is 9.05. The lowest BCUT2D eigenvalue weighted by molar-refractivity contribution is 0.0982. The molecule has 0 saturated heterocycles. The first-order valence-corrected chi connectivity index (χ1v) is 10.8. The van der Waals surface area contributed by atoms with E-state index in [4.69, 9.17) is 4.98 Å². The highest BCUT2D eigenvalue weighted by Gasteiger charge is 2.14. The Labute approximate surface area is 178 Å². The minimum atomic E-state index is -0.139. The third-order valence-electron chi connectivity index (χ3n) is 4.74. The molecular weight excluding hydrogens is 394 g/mol. The highest BCUT2D eigenvalue weighted by atomic mass is 32.2. The molecule has 2 aromatic carbocycles. The first kappa shape index (κ1) is 20.0. The maximum Gasteiger partial charge on any atom is 0.267 e. The average Bonchev–Trinajstić information content (AvgIpc) is 2.78. The van der Waals surface area contributed by atoms with E-state index in [0.717, 1.165) is 11.1 Å². The van der Waals surface area contributed by atoms with Crippen LogP contribution in [-0.2, 0) is 0 Å². The van der Waals surface area contributed by atoms with Crippen LogP contribution in [0, 0.1) is 6.92 Å². The number of fused-ring (bicyclic) bond motifs is 1. The zero-order chi connectivity index (χ0) is 20.9. The molecular formula is C24H21N3O2S. The van der Waals surface area contributed by atoms with Crippen LogP contribution in [0.2, 0.25) is 0 Å². The van der Waals surface area contributed by atoms with Gasteiger partial charge in [0.2, 0.25) is 0 Å². The van der Waals surface area contributed by atoms with Crippen LogP contribution in [0.4, 0.5) is 0 Å². The fourth-order valence-corrected chi connectivity index (χ4v) is 4.11. The smallest absolute Gasteiger partial charge is 0.267 e. The van der Waals surface area contributed by atoms with Gasteiger partial charge in [-0.25, -0.2) is 14.5 Å². The summed E-state index contributed by atoms with van der Waals surface area (Å²) in [6.45, 7) is 1.96. The molecule has 0 bridgehead atoms. The molecule has 0 aliphatic carbocycles. The van der Waals surface area contributed by atoms with E-state index in [1.807, 2.05) is 67.6 Å². The molecule has 4 rings (SSSR count). The molecule has 30 heavy (non-hydrogen) atoms. The Morgan fingerprint density at radius 2 is 1.77 bits per heavy atom. The van der Waals surface area contributed by atoms with Gasteiger partial charge in [-0.3, -0.25) is 9.59 Å². The van der Waals surface area contributed by atoms with Gasteiger partial charge in [0, 0.05) is 23.9 Å². The average molecular weight is 416 g/mol. The van der Waals surface area contributed by atoms with Gasteiger partial charge < -0.3 is 0 Å². The Bertz CT molecular complexity index is 1240. The number of aryl methyl sites for hydroxylation is 1. The van der Waals surface area contributed by atoms with Crippen molar-refractivity contribution in [1.29, 1.82) is 0 Å². The van der Waals surface area contributed by atoms with E-state index in [0.29, 0.717) is 40.5 Å². The molecule has 0 saturated carbocycles. The minimum Gasteiger partial charge on any atom is -0.294 e. The van der Waals surface area contributed by atoms with Gasteiger partial charge >= 0.3 is 0 Å². The number of hydrogen-bond acceptors (Lipinski definition) is 5. The van der Waals surface area contributed by atoms with Crippen molar-refractivity contribution in [2.24, 2.45) is 0 Å². The monoisotopic (exact) mass is 415 g/mol. The lowest BCUT2D eigenvalue weighted by atomic mass is 10.1. The highest BCUT2D eigenvalue weighted by Crippen LogP contribution is 2.22. The molecule has 2 aromatic heterocycles. The van der Waals surface area contributed by atoms with E-state index >= 15 is 0 Å². The summed E-state index contributed by atoms with van der Waals surface area (Å²) in [5.74, 6) is 1.35. The van der Waals surface area contributed by atoms with Crippen molar-refractivity contribution in [2.45, 2.75) is 24.9 Å². The Morgan fingerprint density at radius 1 is 1.00 bits per heavy atom. The van der Waals surface area contributed by atoms with Crippen molar-refractivity contribution >= 4 is 28.4 Å². The van der Waals surface area contributed by atoms with Crippen molar-refractivity contribution in [3.05, 3.63) is 94.4 Å². The number of para-hydroxylation sites is 1. The lowest BCUT2D eigenvalue weighted by Crippen LogP contribution is -2.22. The number of benzene rings is 2. The van der Waals surface area contributed by atoms with Gasteiger partial charge in [0.15, 0.2) is 10.9 Å². The summed E-state index contributed by atoms with van der Waals surface area (Å²) in [7, 11) is 0. The maximum atomic E-state index is 13.2. The molecule has 0 amide bonds. The molecule has 150 valence electrons. The van der Waals surface area contributed by atoms with Gasteiger partial charge in [0.25, 0.3) is 5.56 Å². The van der Waals surface area contributed by atoms with Crippen LogP contribution in [-0.4, -0.2) is 26.1 Å². The third-order valence-corrected chi connectivity index (χ3v) is 5.77. The molecule has 0 N–H and O–H groups in total. The van der Waals surface area contributed by atoms with Crippen molar-refractivity contribution in [3.8, 4) is 5.82 Å². The van der Waals surface area contributed by atoms with E-state index < -0.39 is 0 Å². The summed E-state index contributed by atoms with van der Waals surface area (Å²) in [4.78, 5) is 34.6. The third kappa shape index (κ3) is 4.33. The predicted octanol–water partition coefficient (Wildman–Crippen LogP) is 4.84. The zero-order valence-corrected chi connectivity index (χ0v) is 17.4. The molecule has 0 radical (unpaired) electrons. The van der Waals surface area contributed by atoms with Crippen LogP contribution in [0.5, 0.6) is 0 Å². The molecule has 4 aromatic rings. The second-order valence-corrected chi connectivity index (χ2v) is 8.05. The topological polar surface area (TPSA) is 64.8 Å². The van der Waals surface area contributed by atoms with Crippen molar-refractivity contribution < 1.29 is 4.79 Å². The summed E-state index contributed by atoms with van der Waals surface area (Å²) < 4.78 is 1.56.